The highest BCUT2D eigenvalue weighted by Gasteiger charge is 2.07. The highest BCUT2D eigenvalue weighted by molar-refractivity contribution is 5.95. The Morgan fingerprint density at radius 3 is 2.78 bits per heavy atom. The van der Waals surface area contributed by atoms with E-state index in [1.165, 1.54) is 0 Å². The van der Waals surface area contributed by atoms with Gasteiger partial charge in [0.2, 0.25) is 0 Å². The quantitative estimate of drug-likeness (QED) is 0.666. The Morgan fingerprint density at radius 2 is 2.22 bits per heavy atom. The third-order valence-corrected chi connectivity index (χ3v) is 2.63. The van der Waals surface area contributed by atoms with E-state index in [1.807, 2.05) is 6.07 Å². The second-order valence-corrected chi connectivity index (χ2v) is 4.32. The minimum absolute atomic E-state index is 0.138. The summed E-state index contributed by atoms with van der Waals surface area (Å²) in [6.07, 6.45) is 0. The Hall–Kier alpha value is -1.75. The predicted molar refractivity (Wildman–Crippen MR) is 73.8 cm³/mol. The van der Waals surface area contributed by atoms with E-state index >= 15 is 0 Å². The largest absolute Gasteiger partial charge is 0.397 e. The van der Waals surface area contributed by atoms with Crippen LogP contribution < -0.4 is 16.4 Å². The molecule has 0 spiro atoms. The highest BCUT2D eigenvalue weighted by atomic mass is 16.5. The summed E-state index contributed by atoms with van der Waals surface area (Å²) in [5.41, 5.74) is 7.87. The average Bonchev–Trinajstić information content (AvgIpc) is 2.36. The minimum atomic E-state index is -0.138. The number of carbonyl (C=O) groups is 1. The van der Waals surface area contributed by atoms with Crippen LogP contribution in [0.5, 0.6) is 0 Å². The number of hydrogen-bond donors (Lipinski definition) is 3. The molecular formula is C13H21N3O2. The van der Waals surface area contributed by atoms with Crippen LogP contribution >= 0.6 is 0 Å². The maximum atomic E-state index is 11.4. The summed E-state index contributed by atoms with van der Waals surface area (Å²) in [4.78, 5) is 11.4. The molecule has 0 saturated carbocycles. The van der Waals surface area contributed by atoms with E-state index in [9.17, 15) is 4.79 Å². The van der Waals surface area contributed by atoms with E-state index < -0.39 is 0 Å². The van der Waals surface area contributed by atoms with Gasteiger partial charge in [0.05, 0.1) is 18.0 Å². The van der Waals surface area contributed by atoms with Gasteiger partial charge in [0, 0.05) is 26.3 Å². The van der Waals surface area contributed by atoms with Gasteiger partial charge in [-0.15, -0.1) is 0 Å². The fraction of sp³-hybridized carbons (Fsp3) is 0.462. The van der Waals surface area contributed by atoms with Gasteiger partial charge in [-0.25, -0.2) is 0 Å². The van der Waals surface area contributed by atoms with Crippen LogP contribution in [0.2, 0.25) is 0 Å². The van der Waals surface area contributed by atoms with Crippen molar-refractivity contribution in [3.63, 3.8) is 0 Å². The molecule has 0 bridgehead atoms. The fourth-order valence-electron chi connectivity index (χ4n) is 1.64. The van der Waals surface area contributed by atoms with E-state index in [0.717, 1.165) is 12.2 Å². The zero-order valence-corrected chi connectivity index (χ0v) is 11.1. The third-order valence-electron chi connectivity index (χ3n) is 2.63. The molecule has 0 aliphatic heterocycles. The van der Waals surface area contributed by atoms with Gasteiger partial charge in [0.25, 0.3) is 5.91 Å². The van der Waals surface area contributed by atoms with Crippen molar-refractivity contribution in [3.8, 4) is 0 Å². The van der Waals surface area contributed by atoms with E-state index in [0.29, 0.717) is 23.8 Å². The molecule has 100 valence electrons. The molecule has 0 aliphatic rings. The average molecular weight is 251 g/mol. The molecule has 1 amide bonds. The van der Waals surface area contributed by atoms with Gasteiger partial charge in [-0.1, -0.05) is 6.92 Å². The van der Waals surface area contributed by atoms with Gasteiger partial charge in [-0.2, -0.15) is 0 Å². The molecule has 1 aromatic carbocycles. The van der Waals surface area contributed by atoms with Crippen LogP contribution in [0.15, 0.2) is 18.2 Å². The van der Waals surface area contributed by atoms with Gasteiger partial charge < -0.3 is 21.1 Å². The van der Waals surface area contributed by atoms with Gasteiger partial charge >= 0.3 is 0 Å². The lowest BCUT2D eigenvalue weighted by atomic mass is 10.1. The number of carbonyl (C=O) groups excluding carboxylic acids is 1. The zero-order chi connectivity index (χ0) is 13.5. The van der Waals surface area contributed by atoms with Crippen molar-refractivity contribution < 1.29 is 9.53 Å². The summed E-state index contributed by atoms with van der Waals surface area (Å²) in [7, 11) is 3.28. The van der Waals surface area contributed by atoms with Gasteiger partial charge in [0.15, 0.2) is 0 Å². The van der Waals surface area contributed by atoms with Crippen molar-refractivity contribution in [1.82, 2.24) is 5.32 Å². The summed E-state index contributed by atoms with van der Waals surface area (Å²) >= 11 is 0. The molecule has 1 aromatic rings. The first-order chi connectivity index (χ1) is 8.58. The summed E-state index contributed by atoms with van der Waals surface area (Å²) in [5, 5.41) is 5.81. The molecule has 0 saturated heterocycles. The SMILES string of the molecule is CNC(=O)c1ccc(NCC(C)COC)c(N)c1. The van der Waals surface area contributed by atoms with Crippen LogP contribution in [0, 0.1) is 5.92 Å². The molecule has 5 heteroatoms. The molecule has 5 nitrogen and oxygen atoms in total. The zero-order valence-electron chi connectivity index (χ0n) is 11.1. The topological polar surface area (TPSA) is 76.4 Å². The third kappa shape index (κ3) is 3.92. The molecule has 0 aliphatic carbocycles. The highest BCUT2D eigenvalue weighted by Crippen LogP contribution is 2.20. The predicted octanol–water partition coefficient (Wildman–Crippen LogP) is 1.32. The molecule has 0 radical (unpaired) electrons. The molecule has 4 N–H and O–H groups in total. The molecule has 1 atom stereocenters. The maximum absolute atomic E-state index is 11.4. The lowest BCUT2D eigenvalue weighted by Gasteiger charge is -2.14. The van der Waals surface area contributed by atoms with Crippen LogP contribution in [0.25, 0.3) is 0 Å². The van der Waals surface area contributed by atoms with Crippen LogP contribution in [-0.2, 0) is 4.74 Å². The van der Waals surface area contributed by atoms with Crippen molar-refractivity contribution in [1.29, 1.82) is 0 Å². The summed E-state index contributed by atoms with van der Waals surface area (Å²) < 4.78 is 5.06. The first-order valence-electron chi connectivity index (χ1n) is 5.93. The lowest BCUT2D eigenvalue weighted by Crippen LogP contribution is -2.19. The van der Waals surface area contributed by atoms with E-state index in [-0.39, 0.29) is 5.91 Å². The van der Waals surface area contributed by atoms with Gasteiger partial charge in [-0.3, -0.25) is 4.79 Å². The van der Waals surface area contributed by atoms with E-state index in [2.05, 4.69) is 17.6 Å². The number of rotatable bonds is 6. The van der Waals surface area contributed by atoms with Crippen molar-refractivity contribution in [2.75, 3.05) is 38.4 Å². The van der Waals surface area contributed by atoms with Crippen LogP contribution in [0.4, 0.5) is 11.4 Å². The molecule has 0 fully saturated rings. The molecule has 0 heterocycles. The number of anilines is 2. The van der Waals surface area contributed by atoms with Gasteiger partial charge in [-0.05, 0) is 24.1 Å². The van der Waals surface area contributed by atoms with Crippen molar-refractivity contribution in [2.45, 2.75) is 6.92 Å². The molecule has 0 aromatic heterocycles. The Kier molecular flexibility index (Phi) is 5.45. The summed E-state index contributed by atoms with van der Waals surface area (Å²) in [6.45, 7) is 3.56. The number of amides is 1. The number of hydrogen-bond acceptors (Lipinski definition) is 4. The second-order valence-electron chi connectivity index (χ2n) is 4.32. The summed E-state index contributed by atoms with van der Waals surface area (Å²) in [5.74, 6) is 0.258. The van der Waals surface area contributed by atoms with Crippen LogP contribution in [0.1, 0.15) is 17.3 Å². The Labute approximate surface area is 108 Å². The standard InChI is InChI=1S/C13H21N3O2/c1-9(8-18-3)7-16-12-5-4-10(6-11(12)14)13(17)15-2/h4-6,9,16H,7-8,14H2,1-3H3,(H,15,17). The van der Waals surface area contributed by atoms with Crippen molar-refractivity contribution >= 4 is 17.3 Å². The Morgan fingerprint density at radius 1 is 1.50 bits per heavy atom. The monoisotopic (exact) mass is 251 g/mol. The van der Waals surface area contributed by atoms with Crippen LogP contribution in [0.3, 0.4) is 0 Å². The number of methoxy groups -OCH3 is 1. The van der Waals surface area contributed by atoms with Gasteiger partial charge in [0.1, 0.15) is 0 Å². The fourth-order valence-corrected chi connectivity index (χ4v) is 1.64. The second kappa shape index (κ2) is 6.86. The molecule has 1 unspecified atom stereocenters. The normalized spacial score (nSPS) is 11.9. The number of nitrogens with one attached hydrogen (secondary N) is 2. The van der Waals surface area contributed by atoms with E-state index in [4.69, 9.17) is 10.5 Å². The maximum Gasteiger partial charge on any atom is 0.251 e. The Bertz CT molecular complexity index is 407. The lowest BCUT2D eigenvalue weighted by molar-refractivity contribution is 0.0963. The molecular weight excluding hydrogens is 230 g/mol. The van der Waals surface area contributed by atoms with E-state index in [1.54, 1.807) is 26.3 Å². The number of nitrogen functional groups attached to an aromatic ring is 1. The number of nitrogens with two attached hydrogens (primary N) is 1. The smallest absolute Gasteiger partial charge is 0.251 e. The Balaban J connectivity index is 2.65. The first-order valence-corrected chi connectivity index (χ1v) is 5.93. The molecule has 18 heavy (non-hydrogen) atoms. The number of benzene rings is 1. The minimum Gasteiger partial charge on any atom is -0.397 e. The first kappa shape index (κ1) is 14.3. The molecule has 1 rings (SSSR count). The summed E-state index contributed by atoms with van der Waals surface area (Å²) in [6, 6.07) is 5.24. The van der Waals surface area contributed by atoms with Crippen LogP contribution in [-0.4, -0.2) is 33.2 Å². The number of ether oxygens (including phenoxy) is 1. The van der Waals surface area contributed by atoms with Crippen molar-refractivity contribution in [2.24, 2.45) is 5.92 Å². The van der Waals surface area contributed by atoms with Crippen molar-refractivity contribution in [3.05, 3.63) is 23.8 Å².